The van der Waals surface area contributed by atoms with E-state index in [1.807, 2.05) is 53.4 Å². The van der Waals surface area contributed by atoms with Crippen LogP contribution in [0.15, 0.2) is 48.8 Å². The summed E-state index contributed by atoms with van der Waals surface area (Å²) in [6.07, 6.45) is 11.4. The first kappa shape index (κ1) is 24.4. The van der Waals surface area contributed by atoms with Gasteiger partial charge in [-0.05, 0) is 42.7 Å². The van der Waals surface area contributed by atoms with E-state index in [4.69, 9.17) is 16.3 Å². The number of rotatable bonds is 8. The molecule has 0 bridgehead atoms. The molecule has 0 unspecified atom stereocenters. The Kier molecular flexibility index (Phi) is 7.60. The van der Waals surface area contributed by atoms with Crippen molar-refractivity contribution >= 4 is 29.3 Å². The number of ether oxygens (including phenoxy) is 1. The molecule has 1 aliphatic heterocycles. The highest BCUT2D eigenvalue weighted by Crippen LogP contribution is 2.35. The summed E-state index contributed by atoms with van der Waals surface area (Å²) in [5, 5.41) is 10.4. The van der Waals surface area contributed by atoms with Crippen LogP contribution in [0.25, 0.3) is 5.82 Å². The van der Waals surface area contributed by atoms with Crippen LogP contribution in [-0.4, -0.2) is 40.1 Å². The highest BCUT2D eigenvalue weighted by atomic mass is 35.5. The van der Waals surface area contributed by atoms with Crippen molar-refractivity contribution in [3.05, 3.63) is 59.4 Å². The van der Waals surface area contributed by atoms with Crippen molar-refractivity contribution in [1.29, 1.82) is 0 Å². The van der Waals surface area contributed by atoms with E-state index in [9.17, 15) is 4.79 Å². The maximum atomic E-state index is 13.7. The second-order valence-corrected chi connectivity index (χ2v) is 10.0. The van der Waals surface area contributed by atoms with Crippen LogP contribution in [0, 0.1) is 5.92 Å². The van der Waals surface area contributed by atoms with Gasteiger partial charge in [0, 0.05) is 42.5 Å². The van der Waals surface area contributed by atoms with Gasteiger partial charge in [0.25, 0.3) is 0 Å². The lowest BCUT2D eigenvalue weighted by Crippen LogP contribution is -2.44. The van der Waals surface area contributed by atoms with Crippen LogP contribution in [0.2, 0.25) is 5.02 Å². The summed E-state index contributed by atoms with van der Waals surface area (Å²) < 4.78 is 7.71. The van der Waals surface area contributed by atoms with Crippen molar-refractivity contribution in [2.24, 2.45) is 5.92 Å². The lowest BCUT2D eigenvalue weighted by atomic mass is 9.84. The predicted octanol–water partition coefficient (Wildman–Crippen LogP) is 5.35. The third-order valence-electron chi connectivity index (χ3n) is 7.07. The van der Waals surface area contributed by atoms with Crippen LogP contribution in [0.3, 0.4) is 0 Å². The number of nitrogens with zero attached hydrogens (tertiary/aromatic N) is 3. The molecule has 2 aliphatic rings. The molecule has 2 aromatic heterocycles. The Bertz CT molecular complexity index is 1180. The van der Waals surface area contributed by atoms with Crippen molar-refractivity contribution in [2.75, 3.05) is 24.3 Å². The number of hydrogen-bond acceptors (Lipinski definition) is 6. The van der Waals surface area contributed by atoms with Gasteiger partial charge in [0.15, 0.2) is 0 Å². The molecule has 0 radical (unpaired) electrons. The highest BCUT2D eigenvalue weighted by molar-refractivity contribution is 6.30. The van der Waals surface area contributed by atoms with Crippen LogP contribution in [0.4, 0.5) is 11.8 Å². The zero-order chi connectivity index (χ0) is 24.9. The number of nitrogens with one attached hydrogen (secondary N) is 3. The summed E-state index contributed by atoms with van der Waals surface area (Å²) in [6.45, 7) is 0.554. The number of aromatic nitrogens is 3. The van der Waals surface area contributed by atoms with Crippen LogP contribution in [-0.2, 0) is 4.79 Å². The molecule has 5 rings (SSSR count). The molecule has 3 heterocycles. The maximum absolute atomic E-state index is 13.7. The molecular weight excluding hydrogens is 476 g/mol. The van der Waals surface area contributed by atoms with E-state index in [1.165, 1.54) is 19.3 Å². The van der Waals surface area contributed by atoms with E-state index < -0.39 is 6.04 Å². The van der Waals surface area contributed by atoms with Crippen molar-refractivity contribution in [3.8, 4) is 11.6 Å². The Labute approximate surface area is 216 Å². The van der Waals surface area contributed by atoms with Crippen LogP contribution in [0.1, 0.15) is 56.6 Å². The number of fused-ring (bicyclic) bond motifs is 1. The van der Waals surface area contributed by atoms with Crippen LogP contribution >= 0.6 is 11.6 Å². The second kappa shape index (κ2) is 11.2. The van der Waals surface area contributed by atoms with Gasteiger partial charge in [-0.2, -0.15) is 9.97 Å². The largest absolute Gasteiger partial charge is 0.493 e. The van der Waals surface area contributed by atoms with Gasteiger partial charge < -0.3 is 25.3 Å². The van der Waals surface area contributed by atoms with Gasteiger partial charge in [-0.3, -0.25) is 4.79 Å². The summed E-state index contributed by atoms with van der Waals surface area (Å²) in [5.41, 5.74) is 0.924. The highest BCUT2D eigenvalue weighted by Gasteiger charge is 2.29. The SMILES string of the molecule is CNc1nc(N[C@H](CC2CCCCC2)C(=O)N[C@@H]2CCOc3ccc(Cl)cc32)cc(-n2cccc2)n1. The van der Waals surface area contributed by atoms with Crippen molar-refractivity contribution in [1.82, 2.24) is 19.9 Å². The van der Waals surface area contributed by atoms with E-state index in [0.717, 1.165) is 36.4 Å². The molecule has 1 saturated carbocycles. The monoisotopic (exact) mass is 508 g/mol. The molecule has 9 heteroatoms. The van der Waals surface area contributed by atoms with Gasteiger partial charge in [-0.25, -0.2) is 0 Å². The van der Waals surface area contributed by atoms with Gasteiger partial charge in [0.2, 0.25) is 11.9 Å². The Balaban J connectivity index is 1.39. The van der Waals surface area contributed by atoms with Crippen LogP contribution < -0.4 is 20.7 Å². The van der Waals surface area contributed by atoms with Gasteiger partial charge in [0.1, 0.15) is 23.4 Å². The molecule has 36 heavy (non-hydrogen) atoms. The average Bonchev–Trinajstić information content (AvgIpc) is 3.44. The van der Waals surface area contributed by atoms with Gasteiger partial charge in [0.05, 0.1) is 12.6 Å². The molecule has 3 aromatic rings. The summed E-state index contributed by atoms with van der Waals surface area (Å²) in [7, 11) is 1.79. The second-order valence-electron chi connectivity index (χ2n) is 9.59. The predicted molar refractivity (Wildman–Crippen MR) is 142 cm³/mol. The minimum absolute atomic E-state index is 0.0365. The Morgan fingerprint density at radius 1 is 1.14 bits per heavy atom. The van der Waals surface area contributed by atoms with E-state index >= 15 is 0 Å². The number of halogens is 1. The first-order valence-electron chi connectivity index (χ1n) is 12.8. The topological polar surface area (TPSA) is 93.1 Å². The molecule has 2 atom stereocenters. The molecule has 8 nitrogen and oxygen atoms in total. The molecule has 3 N–H and O–H groups in total. The van der Waals surface area contributed by atoms with E-state index in [1.54, 1.807) is 7.05 Å². The molecule has 1 aliphatic carbocycles. The molecule has 0 saturated heterocycles. The van der Waals surface area contributed by atoms with Crippen molar-refractivity contribution in [2.45, 2.75) is 57.0 Å². The average molecular weight is 509 g/mol. The summed E-state index contributed by atoms with van der Waals surface area (Å²) in [6, 6.07) is 10.8. The first-order chi connectivity index (χ1) is 17.6. The van der Waals surface area contributed by atoms with Gasteiger partial charge in [-0.15, -0.1) is 0 Å². The fourth-order valence-electron chi connectivity index (χ4n) is 5.19. The molecule has 1 fully saturated rings. The summed E-state index contributed by atoms with van der Waals surface area (Å²) in [4.78, 5) is 22.9. The summed E-state index contributed by atoms with van der Waals surface area (Å²) in [5.74, 6) is 3.08. The lowest BCUT2D eigenvalue weighted by molar-refractivity contribution is -0.123. The smallest absolute Gasteiger partial charge is 0.243 e. The number of benzene rings is 1. The zero-order valence-electron chi connectivity index (χ0n) is 20.5. The fraction of sp³-hybridized carbons (Fsp3) is 0.444. The molecular formula is C27H33ClN6O2. The normalized spacial score (nSPS) is 18.6. The Hall–Kier alpha value is -3.26. The number of amides is 1. The minimum atomic E-state index is -0.421. The third-order valence-corrected chi connectivity index (χ3v) is 7.30. The quantitative estimate of drug-likeness (QED) is 0.379. The lowest BCUT2D eigenvalue weighted by Gasteiger charge is -2.31. The first-order valence-corrected chi connectivity index (χ1v) is 13.2. The number of carbonyl (C=O) groups excluding carboxylic acids is 1. The number of hydrogen-bond donors (Lipinski definition) is 3. The number of anilines is 2. The molecule has 1 aromatic carbocycles. The van der Waals surface area contributed by atoms with E-state index in [0.29, 0.717) is 35.7 Å². The van der Waals surface area contributed by atoms with Crippen LogP contribution in [0.5, 0.6) is 5.75 Å². The zero-order valence-corrected chi connectivity index (χ0v) is 21.3. The minimum Gasteiger partial charge on any atom is -0.493 e. The van der Waals surface area contributed by atoms with Gasteiger partial charge >= 0.3 is 0 Å². The Morgan fingerprint density at radius 3 is 2.72 bits per heavy atom. The van der Waals surface area contributed by atoms with Crippen molar-refractivity contribution in [3.63, 3.8) is 0 Å². The Morgan fingerprint density at radius 2 is 1.94 bits per heavy atom. The standard InChI is InChI=1S/C27H33ClN6O2/c1-29-27-32-24(17-25(33-27)34-12-5-6-13-34)30-22(15-18-7-3-2-4-8-18)26(35)31-21-11-14-36-23-10-9-19(28)16-20(21)23/h5-6,9-10,12-13,16-18,21-22H,2-4,7-8,11,14-15H2,1H3,(H,31,35)(H2,29,30,32,33)/t21-,22-/m1/s1. The molecule has 0 spiro atoms. The molecule has 1 amide bonds. The number of carbonyl (C=O) groups is 1. The van der Waals surface area contributed by atoms with Crippen molar-refractivity contribution < 1.29 is 9.53 Å². The van der Waals surface area contributed by atoms with E-state index in [2.05, 4.69) is 25.9 Å². The third kappa shape index (κ3) is 5.75. The van der Waals surface area contributed by atoms with E-state index in [-0.39, 0.29) is 11.9 Å². The fourth-order valence-corrected chi connectivity index (χ4v) is 5.37. The van der Waals surface area contributed by atoms with Gasteiger partial charge in [-0.1, -0.05) is 43.7 Å². The maximum Gasteiger partial charge on any atom is 0.243 e. The molecule has 190 valence electrons. The summed E-state index contributed by atoms with van der Waals surface area (Å²) >= 11 is 6.26.